The topological polar surface area (TPSA) is 6.48 Å². The van der Waals surface area contributed by atoms with E-state index in [1.165, 1.54) is 71.1 Å². The molecule has 2 aliphatic rings. The first-order chi connectivity index (χ1) is 8.29. The largest absolute Gasteiger partial charge is 0.303 e. The third-order valence-electron chi connectivity index (χ3n) is 4.88. The van der Waals surface area contributed by atoms with Crippen molar-refractivity contribution >= 4 is 0 Å². The minimum absolute atomic E-state index is 0.861. The SMILES string of the molecule is CC[C@H]1CC[C@@H](CCN2CCCCC2)N(C)C1. The third-order valence-corrected chi connectivity index (χ3v) is 4.88. The van der Waals surface area contributed by atoms with E-state index in [9.17, 15) is 0 Å². The molecule has 2 heterocycles. The van der Waals surface area contributed by atoms with E-state index in [4.69, 9.17) is 0 Å². The van der Waals surface area contributed by atoms with Crippen LogP contribution in [0.3, 0.4) is 0 Å². The van der Waals surface area contributed by atoms with Crippen molar-refractivity contribution in [1.29, 1.82) is 0 Å². The fourth-order valence-electron chi connectivity index (χ4n) is 3.51. The minimum atomic E-state index is 0.861. The zero-order valence-electron chi connectivity index (χ0n) is 11.8. The van der Waals surface area contributed by atoms with Crippen LogP contribution in [0, 0.1) is 5.92 Å². The van der Waals surface area contributed by atoms with Gasteiger partial charge in [0, 0.05) is 12.6 Å². The van der Waals surface area contributed by atoms with Gasteiger partial charge in [0.05, 0.1) is 0 Å². The molecule has 0 aliphatic carbocycles. The van der Waals surface area contributed by atoms with Gasteiger partial charge in [-0.05, 0) is 64.7 Å². The Hall–Kier alpha value is -0.0800. The molecular formula is C15H30N2. The van der Waals surface area contributed by atoms with Gasteiger partial charge in [-0.2, -0.15) is 0 Å². The molecule has 0 N–H and O–H groups in total. The Balaban J connectivity index is 1.68. The van der Waals surface area contributed by atoms with Crippen LogP contribution in [0.1, 0.15) is 51.9 Å². The zero-order chi connectivity index (χ0) is 12.1. The molecule has 2 rings (SSSR count). The summed E-state index contributed by atoms with van der Waals surface area (Å²) in [5.41, 5.74) is 0. The molecule has 0 amide bonds. The van der Waals surface area contributed by atoms with Crippen LogP contribution in [-0.2, 0) is 0 Å². The van der Waals surface area contributed by atoms with E-state index in [-0.39, 0.29) is 0 Å². The summed E-state index contributed by atoms with van der Waals surface area (Å²) in [5.74, 6) is 0.964. The highest BCUT2D eigenvalue weighted by Crippen LogP contribution is 2.25. The van der Waals surface area contributed by atoms with Gasteiger partial charge in [0.2, 0.25) is 0 Å². The van der Waals surface area contributed by atoms with Gasteiger partial charge in [-0.3, -0.25) is 0 Å². The predicted octanol–water partition coefficient (Wildman–Crippen LogP) is 2.98. The fourth-order valence-corrected chi connectivity index (χ4v) is 3.51. The first-order valence-electron chi connectivity index (χ1n) is 7.72. The molecule has 0 radical (unpaired) electrons. The van der Waals surface area contributed by atoms with Crippen molar-refractivity contribution in [2.45, 2.75) is 57.9 Å². The van der Waals surface area contributed by atoms with Crippen molar-refractivity contribution in [3.8, 4) is 0 Å². The molecule has 0 aromatic rings. The number of piperidine rings is 2. The van der Waals surface area contributed by atoms with Crippen molar-refractivity contribution < 1.29 is 0 Å². The lowest BCUT2D eigenvalue weighted by Crippen LogP contribution is -2.43. The molecular weight excluding hydrogens is 208 g/mol. The van der Waals surface area contributed by atoms with Crippen molar-refractivity contribution in [2.24, 2.45) is 5.92 Å². The minimum Gasteiger partial charge on any atom is -0.303 e. The van der Waals surface area contributed by atoms with Crippen LogP contribution in [0.5, 0.6) is 0 Å². The Bertz CT molecular complexity index is 211. The lowest BCUT2D eigenvalue weighted by molar-refractivity contribution is 0.112. The highest BCUT2D eigenvalue weighted by Gasteiger charge is 2.24. The van der Waals surface area contributed by atoms with Crippen LogP contribution in [0.4, 0.5) is 0 Å². The Morgan fingerprint density at radius 3 is 2.47 bits per heavy atom. The quantitative estimate of drug-likeness (QED) is 0.743. The van der Waals surface area contributed by atoms with Crippen LogP contribution < -0.4 is 0 Å². The molecule has 0 aromatic carbocycles. The molecule has 2 atom stereocenters. The summed E-state index contributed by atoms with van der Waals surface area (Å²) < 4.78 is 0. The van der Waals surface area contributed by atoms with E-state index in [1.807, 2.05) is 0 Å². The monoisotopic (exact) mass is 238 g/mol. The van der Waals surface area contributed by atoms with Crippen molar-refractivity contribution in [3.63, 3.8) is 0 Å². The van der Waals surface area contributed by atoms with E-state index >= 15 is 0 Å². The second-order valence-electron chi connectivity index (χ2n) is 6.14. The lowest BCUT2D eigenvalue weighted by atomic mass is 9.90. The van der Waals surface area contributed by atoms with E-state index < -0.39 is 0 Å². The van der Waals surface area contributed by atoms with Crippen molar-refractivity contribution in [2.75, 3.05) is 33.2 Å². The zero-order valence-corrected chi connectivity index (χ0v) is 11.8. The predicted molar refractivity (Wildman–Crippen MR) is 74.3 cm³/mol. The summed E-state index contributed by atoms with van der Waals surface area (Å²) in [7, 11) is 2.34. The summed E-state index contributed by atoms with van der Waals surface area (Å²) in [6.45, 7) is 7.72. The Morgan fingerprint density at radius 2 is 1.82 bits per heavy atom. The van der Waals surface area contributed by atoms with Gasteiger partial charge < -0.3 is 9.80 Å². The Kier molecular flexibility index (Phi) is 5.30. The first-order valence-corrected chi connectivity index (χ1v) is 7.72. The smallest absolute Gasteiger partial charge is 0.0105 e. The third kappa shape index (κ3) is 3.96. The number of hydrogen-bond acceptors (Lipinski definition) is 2. The number of rotatable bonds is 4. The molecule has 0 aromatic heterocycles. The van der Waals surface area contributed by atoms with E-state index in [0.29, 0.717) is 0 Å². The van der Waals surface area contributed by atoms with Crippen molar-refractivity contribution in [1.82, 2.24) is 9.80 Å². The highest BCUT2D eigenvalue weighted by atomic mass is 15.2. The van der Waals surface area contributed by atoms with Crippen molar-refractivity contribution in [3.05, 3.63) is 0 Å². The molecule has 2 nitrogen and oxygen atoms in total. The molecule has 2 heteroatoms. The maximum atomic E-state index is 2.68. The highest BCUT2D eigenvalue weighted by molar-refractivity contribution is 4.80. The Morgan fingerprint density at radius 1 is 1.06 bits per heavy atom. The van der Waals surface area contributed by atoms with E-state index in [1.54, 1.807) is 0 Å². The van der Waals surface area contributed by atoms with E-state index in [2.05, 4.69) is 23.8 Å². The summed E-state index contributed by atoms with van der Waals surface area (Å²) in [4.78, 5) is 5.31. The standard InChI is InChI=1S/C15H30N2/c1-3-14-7-8-15(16(2)13-14)9-12-17-10-5-4-6-11-17/h14-15H,3-13H2,1-2H3/t14-,15-/m0/s1. The van der Waals surface area contributed by atoms with Gasteiger partial charge in [0.15, 0.2) is 0 Å². The molecule has 2 saturated heterocycles. The molecule has 2 aliphatic heterocycles. The van der Waals surface area contributed by atoms with Gasteiger partial charge in [-0.1, -0.05) is 19.8 Å². The second-order valence-corrected chi connectivity index (χ2v) is 6.14. The number of likely N-dealkylation sites (tertiary alicyclic amines) is 2. The fraction of sp³-hybridized carbons (Fsp3) is 1.00. The van der Waals surface area contributed by atoms with Crippen LogP contribution in [0.25, 0.3) is 0 Å². The number of hydrogen-bond donors (Lipinski definition) is 0. The molecule has 0 bridgehead atoms. The van der Waals surface area contributed by atoms with Gasteiger partial charge in [0.1, 0.15) is 0 Å². The molecule has 0 spiro atoms. The van der Waals surface area contributed by atoms with Gasteiger partial charge >= 0.3 is 0 Å². The van der Waals surface area contributed by atoms with E-state index in [0.717, 1.165) is 12.0 Å². The average Bonchev–Trinajstić information content (AvgIpc) is 2.38. The van der Waals surface area contributed by atoms with Gasteiger partial charge in [-0.15, -0.1) is 0 Å². The lowest BCUT2D eigenvalue weighted by Gasteiger charge is -2.38. The average molecular weight is 238 g/mol. The maximum absolute atomic E-state index is 2.68. The summed E-state index contributed by atoms with van der Waals surface area (Å²) in [6.07, 6.45) is 9.97. The molecule has 0 saturated carbocycles. The summed E-state index contributed by atoms with van der Waals surface area (Å²) in [5, 5.41) is 0. The second kappa shape index (κ2) is 6.75. The molecule has 0 unspecified atom stereocenters. The summed E-state index contributed by atoms with van der Waals surface area (Å²) >= 11 is 0. The first kappa shape index (κ1) is 13.4. The maximum Gasteiger partial charge on any atom is 0.0105 e. The molecule has 100 valence electrons. The normalized spacial score (nSPS) is 32.8. The van der Waals surface area contributed by atoms with Gasteiger partial charge in [0.25, 0.3) is 0 Å². The van der Waals surface area contributed by atoms with Crippen LogP contribution >= 0.6 is 0 Å². The summed E-state index contributed by atoms with van der Waals surface area (Å²) in [6, 6.07) is 0.861. The van der Waals surface area contributed by atoms with Crippen LogP contribution in [0.15, 0.2) is 0 Å². The van der Waals surface area contributed by atoms with Crippen LogP contribution in [-0.4, -0.2) is 49.1 Å². The Labute approximate surface area is 107 Å². The van der Waals surface area contributed by atoms with Crippen LogP contribution in [0.2, 0.25) is 0 Å². The van der Waals surface area contributed by atoms with Gasteiger partial charge in [-0.25, -0.2) is 0 Å². The molecule has 17 heavy (non-hydrogen) atoms. The molecule has 2 fully saturated rings. The number of nitrogens with zero attached hydrogens (tertiary/aromatic N) is 2.